The van der Waals surface area contributed by atoms with E-state index in [-0.39, 0.29) is 0 Å². The number of rotatable bonds is 10. The minimum Gasteiger partial charge on any atom is -0.396 e. The summed E-state index contributed by atoms with van der Waals surface area (Å²) in [6.45, 7) is 3.05. The van der Waals surface area contributed by atoms with E-state index in [0.717, 1.165) is 37.5 Å². The first kappa shape index (κ1) is 16.6. The van der Waals surface area contributed by atoms with Crippen LogP contribution in [0.3, 0.4) is 0 Å². The minimum atomic E-state index is 0.780. The molecule has 1 aliphatic carbocycles. The third kappa shape index (κ3) is 8.35. The van der Waals surface area contributed by atoms with Crippen LogP contribution in [0, 0.1) is 0 Å². The summed E-state index contributed by atoms with van der Waals surface area (Å²) in [5.74, 6) is 0. The van der Waals surface area contributed by atoms with Gasteiger partial charge in [0.05, 0.1) is 5.71 Å². The first-order valence-corrected chi connectivity index (χ1v) is 9.01. The van der Waals surface area contributed by atoms with Crippen LogP contribution in [0.2, 0.25) is 0 Å². The Hall–Kier alpha value is -0.440. The molecule has 0 saturated carbocycles. The van der Waals surface area contributed by atoms with Gasteiger partial charge in [-0.05, 0) is 44.8 Å². The van der Waals surface area contributed by atoms with Crippen molar-refractivity contribution in [1.82, 2.24) is 0 Å². The van der Waals surface area contributed by atoms with Crippen LogP contribution in [-0.2, 0) is 4.84 Å². The van der Waals surface area contributed by atoms with E-state index in [2.05, 4.69) is 30.5 Å². The fourth-order valence-corrected chi connectivity index (χ4v) is 3.06. The summed E-state index contributed by atoms with van der Waals surface area (Å²) >= 11 is 2.02. The second kappa shape index (κ2) is 11.4. The Morgan fingerprint density at radius 1 is 1.26 bits per heavy atom. The van der Waals surface area contributed by atoms with Gasteiger partial charge in [0, 0.05) is 11.7 Å². The van der Waals surface area contributed by atoms with Gasteiger partial charge in [0.15, 0.2) is 0 Å². The Bertz CT molecular complexity index is 276. The van der Waals surface area contributed by atoms with Crippen LogP contribution in [0.25, 0.3) is 0 Å². The molecule has 0 aromatic carbocycles. The number of nitrogens with zero attached hydrogens (tertiary/aromatic N) is 1. The predicted octanol–water partition coefficient (Wildman–Crippen LogP) is 5.19. The van der Waals surface area contributed by atoms with E-state index in [1.165, 1.54) is 37.8 Å². The number of unbranched alkanes of at least 4 members (excludes halogenated alkanes) is 2. The van der Waals surface area contributed by atoms with Crippen LogP contribution in [0.5, 0.6) is 0 Å². The van der Waals surface area contributed by atoms with Crippen LogP contribution in [0.15, 0.2) is 17.3 Å². The topological polar surface area (TPSA) is 21.6 Å². The third-order valence-electron chi connectivity index (χ3n) is 3.54. The Morgan fingerprint density at radius 2 is 2.11 bits per heavy atom. The Labute approximate surface area is 123 Å². The summed E-state index contributed by atoms with van der Waals surface area (Å²) in [4.78, 5) is 5.42. The van der Waals surface area contributed by atoms with Crippen LogP contribution in [0.4, 0.5) is 0 Å². The standard InChI is InChI=1S/C16H29NOS/c1-3-4-12-16(19-2)13-8-9-14-18-17-15-10-6-5-7-11-15/h5-6,16H,3-4,7-14H2,1-2H3. The van der Waals surface area contributed by atoms with Crippen molar-refractivity contribution in [2.75, 3.05) is 12.9 Å². The van der Waals surface area contributed by atoms with Gasteiger partial charge in [-0.3, -0.25) is 0 Å². The van der Waals surface area contributed by atoms with Gasteiger partial charge in [-0.15, -0.1) is 0 Å². The van der Waals surface area contributed by atoms with E-state index in [9.17, 15) is 0 Å². The normalized spacial score (nSPS) is 18.7. The molecule has 0 saturated heterocycles. The van der Waals surface area contributed by atoms with Crippen molar-refractivity contribution in [2.45, 2.75) is 70.0 Å². The number of hydrogen-bond acceptors (Lipinski definition) is 3. The Balaban J connectivity index is 1.99. The number of hydrogen-bond donors (Lipinski definition) is 0. The smallest absolute Gasteiger partial charge is 0.117 e. The first-order valence-electron chi connectivity index (χ1n) is 7.72. The van der Waals surface area contributed by atoms with Gasteiger partial charge < -0.3 is 4.84 Å². The third-order valence-corrected chi connectivity index (χ3v) is 4.68. The first-order chi connectivity index (χ1) is 9.36. The highest BCUT2D eigenvalue weighted by Crippen LogP contribution is 2.20. The molecular weight excluding hydrogens is 254 g/mol. The lowest BCUT2D eigenvalue weighted by Crippen LogP contribution is -2.04. The highest BCUT2D eigenvalue weighted by Gasteiger charge is 2.06. The van der Waals surface area contributed by atoms with Crippen molar-refractivity contribution in [3.8, 4) is 0 Å². The van der Waals surface area contributed by atoms with Crippen molar-refractivity contribution < 1.29 is 4.84 Å². The zero-order valence-electron chi connectivity index (χ0n) is 12.6. The van der Waals surface area contributed by atoms with Crippen LogP contribution in [-0.4, -0.2) is 23.8 Å². The van der Waals surface area contributed by atoms with Crippen molar-refractivity contribution in [2.24, 2.45) is 5.16 Å². The quantitative estimate of drug-likeness (QED) is 0.312. The average Bonchev–Trinajstić information content (AvgIpc) is 2.47. The highest BCUT2D eigenvalue weighted by atomic mass is 32.2. The fourth-order valence-electron chi connectivity index (χ4n) is 2.26. The molecule has 0 bridgehead atoms. The summed E-state index contributed by atoms with van der Waals surface area (Å²) in [5, 5.41) is 5.07. The molecule has 1 atom stereocenters. The molecule has 0 fully saturated rings. The molecule has 0 aromatic rings. The highest BCUT2D eigenvalue weighted by molar-refractivity contribution is 7.99. The molecule has 0 N–H and O–H groups in total. The molecule has 0 spiro atoms. The van der Waals surface area contributed by atoms with Crippen LogP contribution >= 0.6 is 11.8 Å². The number of oxime groups is 1. The summed E-state index contributed by atoms with van der Waals surface area (Å²) < 4.78 is 0. The van der Waals surface area contributed by atoms with E-state index in [1.54, 1.807) is 0 Å². The van der Waals surface area contributed by atoms with E-state index >= 15 is 0 Å². The van der Waals surface area contributed by atoms with Crippen molar-refractivity contribution in [1.29, 1.82) is 0 Å². The zero-order chi connectivity index (χ0) is 13.8. The van der Waals surface area contributed by atoms with E-state index in [4.69, 9.17) is 4.84 Å². The maximum atomic E-state index is 5.42. The molecular formula is C16H29NOS. The van der Waals surface area contributed by atoms with E-state index < -0.39 is 0 Å². The lowest BCUT2D eigenvalue weighted by atomic mass is 10.1. The molecule has 1 unspecified atom stereocenters. The molecule has 0 aliphatic heterocycles. The van der Waals surface area contributed by atoms with Crippen LogP contribution < -0.4 is 0 Å². The largest absolute Gasteiger partial charge is 0.396 e. The molecule has 3 heteroatoms. The molecule has 0 heterocycles. The van der Waals surface area contributed by atoms with Crippen molar-refractivity contribution >= 4 is 17.5 Å². The monoisotopic (exact) mass is 283 g/mol. The van der Waals surface area contributed by atoms with Gasteiger partial charge in [0.25, 0.3) is 0 Å². The van der Waals surface area contributed by atoms with E-state index in [0.29, 0.717) is 0 Å². The lowest BCUT2D eigenvalue weighted by molar-refractivity contribution is 0.138. The maximum Gasteiger partial charge on any atom is 0.117 e. The molecule has 19 heavy (non-hydrogen) atoms. The van der Waals surface area contributed by atoms with Gasteiger partial charge in [-0.2, -0.15) is 11.8 Å². The fraction of sp³-hybridized carbons (Fsp3) is 0.812. The predicted molar refractivity (Wildman–Crippen MR) is 87.1 cm³/mol. The van der Waals surface area contributed by atoms with Crippen molar-refractivity contribution in [3.05, 3.63) is 12.2 Å². The maximum absolute atomic E-state index is 5.42. The molecule has 110 valence electrons. The molecule has 2 nitrogen and oxygen atoms in total. The molecule has 0 aromatic heterocycles. The van der Waals surface area contributed by atoms with Crippen molar-refractivity contribution in [3.63, 3.8) is 0 Å². The summed E-state index contributed by atoms with van der Waals surface area (Å²) in [6.07, 6.45) is 17.6. The van der Waals surface area contributed by atoms with Gasteiger partial charge in [0.2, 0.25) is 0 Å². The molecule has 0 radical (unpaired) electrons. The Kier molecular flexibility index (Phi) is 9.96. The Morgan fingerprint density at radius 3 is 2.79 bits per heavy atom. The van der Waals surface area contributed by atoms with Gasteiger partial charge in [0.1, 0.15) is 6.61 Å². The summed E-state index contributed by atoms with van der Waals surface area (Å²) in [5.41, 5.74) is 1.20. The number of thioether (sulfide) groups is 1. The number of allylic oxidation sites excluding steroid dienone is 2. The van der Waals surface area contributed by atoms with Crippen LogP contribution in [0.1, 0.15) is 64.7 Å². The second-order valence-electron chi connectivity index (χ2n) is 5.20. The zero-order valence-corrected chi connectivity index (χ0v) is 13.4. The minimum absolute atomic E-state index is 0.780. The molecule has 0 amide bonds. The molecule has 1 aliphatic rings. The molecule has 1 rings (SSSR count). The van der Waals surface area contributed by atoms with Gasteiger partial charge in [-0.1, -0.05) is 37.1 Å². The summed E-state index contributed by atoms with van der Waals surface area (Å²) in [6, 6.07) is 0. The van der Waals surface area contributed by atoms with Gasteiger partial charge in [-0.25, -0.2) is 0 Å². The SMILES string of the molecule is CCCCC(CCCCON=C1CC=CCC1)SC. The lowest BCUT2D eigenvalue weighted by Gasteiger charge is -2.13. The summed E-state index contributed by atoms with van der Waals surface area (Å²) in [7, 11) is 0. The van der Waals surface area contributed by atoms with E-state index in [1.807, 2.05) is 11.8 Å². The second-order valence-corrected chi connectivity index (χ2v) is 6.34. The van der Waals surface area contributed by atoms with Gasteiger partial charge >= 0.3 is 0 Å². The average molecular weight is 283 g/mol.